The van der Waals surface area contributed by atoms with Crippen LogP contribution in [0.3, 0.4) is 0 Å². The van der Waals surface area contributed by atoms with Crippen molar-refractivity contribution in [1.82, 2.24) is 5.32 Å². The summed E-state index contributed by atoms with van der Waals surface area (Å²) in [7, 11) is 0. The highest BCUT2D eigenvalue weighted by atomic mass is 35.5. The van der Waals surface area contributed by atoms with Gasteiger partial charge in [-0.25, -0.2) is 4.79 Å². The molecular formula is C13H16ClN3O2. The van der Waals surface area contributed by atoms with Crippen LogP contribution in [0.2, 0.25) is 5.02 Å². The van der Waals surface area contributed by atoms with Crippen LogP contribution in [0.1, 0.15) is 25.3 Å². The van der Waals surface area contributed by atoms with Gasteiger partial charge in [0.25, 0.3) is 0 Å². The van der Waals surface area contributed by atoms with Gasteiger partial charge in [0, 0.05) is 12.2 Å². The molecule has 1 atom stereocenters. The number of nitrogens with zero attached hydrogens (tertiary/aromatic N) is 1. The lowest BCUT2D eigenvalue weighted by atomic mass is 10.2. The maximum atomic E-state index is 11.5. The average Bonchev–Trinajstić information content (AvgIpc) is 2.38. The third-order valence-electron chi connectivity index (χ3n) is 2.58. The van der Waals surface area contributed by atoms with Crippen LogP contribution >= 0.6 is 11.6 Å². The minimum atomic E-state index is -0.398. The van der Waals surface area contributed by atoms with Gasteiger partial charge in [-0.3, -0.25) is 0 Å². The lowest BCUT2D eigenvalue weighted by Gasteiger charge is -2.10. The van der Waals surface area contributed by atoms with E-state index in [0.29, 0.717) is 35.7 Å². The average molecular weight is 282 g/mol. The standard InChI is InChI=1S/C13H16ClN3O2/c1-2-11(18)5-6-16-13(19)17-10-4-3-9(8-15)12(14)7-10/h3-4,7,11,18H,2,5-6H2,1H3,(H2,16,17,19). The Labute approximate surface area is 117 Å². The highest BCUT2D eigenvalue weighted by Gasteiger charge is 2.06. The zero-order valence-electron chi connectivity index (χ0n) is 10.6. The number of hydrogen-bond donors (Lipinski definition) is 3. The summed E-state index contributed by atoms with van der Waals surface area (Å²) in [4.78, 5) is 11.5. The fraction of sp³-hybridized carbons (Fsp3) is 0.385. The van der Waals surface area contributed by atoms with E-state index in [4.69, 9.17) is 16.9 Å². The monoisotopic (exact) mass is 281 g/mol. The molecule has 0 saturated heterocycles. The maximum absolute atomic E-state index is 11.5. The molecule has 0 aliphatic rings. The first-order valence-corrected chi connectivity index (χ1v) is 6.37. The second-order valence-corrected chi connectivity index (χ2v) is 4.45. The molecule has 3 N–H and O–H groups in total. The largest absolute Gasteiger partial charge is 0.393 e. The fourth-order valence-corrected chi connectivity index (χ4v) is 1.64. The number of anilines is 1. The van der Waals surface area contributed by atoms with Gasteiger partial charge in [-0.05, 0) is 31.0 Å². The van der Waals surface area contributed by atoms with E-state index < -0.39 is 6.10 Å². The van der Waals surface area contributed by atoms with E-state index in [9.17, 15) is 9.90 Å². The number of aliphatic hydroxyl groups is 1. The van der Waals surface area contributed by atoms with Crippen molar-refractivity contribution in [3.8, 4) is 6.07 Å². The van der Waals surface area contributed by atoms with Crippen molar-refractivity contribution in [2.45, 2.75) is 25.9 Å². The number of benzene rings is 1. The molecule has 0 aliphatic carbocycles. The quantitative estimate of drug-likeness (QED) is 0.775. The van der Waals surface area contributed by atoms with Gasteiger partial charge in [-0.15, -0.1) is 0 Å². The van der Waals surface area contributed by atoms with Crippen LogP contribution in [-0.4, -0.2) is 23.8 Å². The van der Waals surface area contributed by atoms with E-state index in [0.717, 1.165) is 0 Å². The first kappa shape index (κ1) is 15.3. The zero-order chi connectivity index (χ0) is 14.3. The maximum Gasteiger partial charge on any atom is 0.319 e. The summed E-state index contributed by atoms with van der Waals surface area (Å²) in [6.07, 6.45) is 0.775. The van der Waals surface area contributed by atoms with Gasteiger partial charge < -0.3 is 15.7 Å². The summed E-state index contributed by atoms with van der Waals surface area (Å²) in [5, 5.41) is 23.6. The Morgan fingerprint density at radius 3 is 2.89 bits per heavy atom. The molecule has 0 aliphatic heterocycles. The number of aliphatic hydroxyl groups excluding tert-OH is 1. The molecule has 0 aromatic heterocycles. The van der Waals surface area contributed by atoms with Crippen molar-refractivity contribution < 1.29 is 9.90 Å². The number of rotatable bonds is 5. The molecule has 0 heterocycles. The van der Waals surface area contributed by atoms with E-state index >= 15 is 0 Å². The molecule has 1 aromatic rings. The highest BCUT2D eigenvalue weighted by molar-refractivity contribution is 6.32. The van der Waals surface area contributed by atoms with Gasteiger partial charge in [0.05, 0.1) is 16.7 Å². The molecule has 1 unspecified atom stereocenters. The Balaban J connectivity index is 2.45. The number of nitriles is 1. The van der Waals surface area contributed by atoms with Crippen LogP contribution in [0.15, 0.2) is 18.2 Å². The topological polar surface area (TPSA) is 85.2 Å². The fourth-order valence-electron chi connectivity index (χ4n) is 1.42. The third-order valence-corrected chi connectivity index (χ3v) is 2.89. The van der Waals surface area contributed by atoms with E-state index in [1.165, 1.54) is 6.07 Å². The van der Waals surface area contributed by atoms with Crippen molar-refractivity contribution in [3.63, 3.8) is 0 Å². The Morgan fingerprint density at radius 2 is 2.32 bits per heavy atom. The van der Waals surface area contributed by atoms with E-state index in [2.05, 4.69) is 10.6 Å². The summed E-state index contributed by atoms with van der Waals surface area (Å²) in [5.41, 5.74) is 0.872. The van der Waals surface area contributed by atoms with Gasteiger partial charge in [0.2, 0.25) is 0 Å². The SMILES string of the molecule is CCC(O)CCNC(=O)Nc1ccc(C#N)c(Cl)c1. The minimum Gasteiger partial charge on any atom is -0.393 e. The van der Waals surface area contributed by atoms with Gasteiger partial charge in [-0.1, -0.05) is 18.5 Å². The molecule has 102 valence electrons. The van der Waals surface area contributed by atoms with Crippen LogP contribution < -0.4 is 10.6 Å². The summed E-state index contributed by atoms with van der Waals surface area (Å²) in [6, 6.07) is 6.23. The van der Waals surface area contributed by atoms with Gasteiger partial charge in [0.1, 0.15) is 6.07 Å². The van der Waals surface area contributed by atoms with E-state index in [-0.39, 0.29) is 6.03 Å². The summed E-state index contributed by atoms with van der Waals surface area (Å²) in [6.45, 7) is 2.27. The predicted molar refractivity (Wildman–Crippen MR) is 74.1 cm³/mol. The summed E-state index contributed by atoms with van der Waals surface area (Å²) < 4.78 is 0. The molecule has 5 nitrogen and oxygen atoms in total. The lowest BCUT2D eigenvalue weighted by molar-refractivity contribution is 0.160. The number of nitrogens with one attached hydrogen (secondary N) is 2. The molecule has 0 spiro atoms. The Hall–Kier alpha value is -1.77. The summed E-state index contributed by atoms with van der Waals surface area (Å²) in [5.74, 6) is 0. The molecular weight excluding hydrogens is 266 g/mol. The van der Waals surface area contributed by atoms with Crippen molar-refractivity contribution >= 4 is 23.3 Å². The molecule has 1 rings (SSSR count). The third kappa shape index (κ3) is 5.16. The number of halogens is 1. The second kappa shape index (κ2) is 7.62. The smallest absolute Gasteiger partial charge is 0.319 e. The van der Waals surface area contributed by atoms with Gasteiger partial charge in [0.15, 0.2) is 0 Å². The predicted octanol–water partition coefficient (Wildman–Crippen LogP) is 2.49. The van der Waals surface area contributed by atoms with Crippen molar-refractivity contribution in [2.75, 3.05) is 11.9 Å². The highest BCUT2D eigenvalue weighted by Crippen LogP contribution is 2.19. The number of carbonyl (C=O) groups excluding carboxylic acids is 1. The van der Waals surface area contributed by atoms with Crippen LogP contribution in [0, 0.1) is 11.3 Å². The molecule has 2 amide bonds. The molecule has 0 saturated carbocycles. The number of urea groups is 1. The van der Waals surface area contributed by atoms with Crippen LogP contribution in [0.5, 0.6) is 0 Å². The molecule has 0 radical (unpaired) electrons. The van der Waals surface area contributed by atoms with Crippen LogP contribution in [0.25, 0.3) is 0 Å². The first-order valence-electron chi connectivity index (χ1n) is 5.99. The second-order valence-electron chi connectivity index (χ2n) is 4.04. The van der Waals surface area contributed by atoms with E-state index in [1.807, 2.05) is 13.0 Å². The van der Waals surface area contributed by atoms with Crippen LogP contribution in [-0.2, 0) is 0 Å². The van der Waals surface area contributed by atoms with Crippen molar-refractivity contribution in [1.29, 1.82) is 5.26 Å². The van der Waals surface area contributed by atoms with Gasteiger partial charge >= 0.3 is 6.03 Å². The molecule has 0 fully saturated rings. The molecule has 19 heavy (non-hydrogen) atoms. The Kier molecular flexibility index (Phi) is 6.13. The Morgan fingerprint density at radius 1 is 1.58 bits per heavy atom. The summed E-state index contributed by atoms with van der Waals surface area (Å²) >= 11 is 5.85. The number of carbonyl (C=O) groups is 1. The minimum absolute atomic E-state index is 0.293. The lowest BCUT2D eigenvalue weighted by Crippen LogP contribution is -2.31. The zero-order valence-corrected chi connectivity index (χ0v) is 11.4. The van der Waals surface area contributed by atoms with Crippen LogP contribution in [0.4, 0.5) is 10.5 Å². The van der Waals surface area contributed by atoms with Crippen molar-refractivity contribution in [2.24, 2.45) is 0 Å². The molecule has 1 aromatic carbocycles. The van der Waals surface area contributed by atoms with E-state index in [1.54, 1.807) is 12.1 Å². The molecule has 6 heteroatoms. The van der Waals surface area contributed by atoms with Gasteiger partial charge in [-0.2, -0.15) is 5.26 Å². The van der Waals surface area contributed by atoms with Crippen molar-refractivity contribution in [3.05, 3.63) is 28.8 Å². The normalized spacial score (nSPS) is 11.5. The number of hydrogen-bond acceptors (Lipinski definition) is 3. The number of amides is 2. The molecule has 0 bridgehead atoms. The Bertz CT molecular complexity index is 485. The first-order chi connectivity index (χ1) is 9.06.